The van der Waals surface area contributed by atoms with Gasteiger partial charge in [0.25, 0.3) is 0 Å². The van der Waals surface area contributed by atoms with Crippen LogP contribution in [0.25, 0.3) is 10.9 Å². The van der Waals surface area contributed by atoms with Gasteiger partial charge in [-0.05, 0) is 25.0 Å². The number of hydrogen-bond acceptors (Lipinski definition) is 2. The second kappa shape index (κ2) is 4.74. The minimum atomic E-state index is -0.125. The maximum Gasteiger partial charge on any atom is 0.143 e. The van der Waals surface area contributed by atoms with Crippen LogP contribution in [-0.2, 0) is 11.2 Å². The maximum absolute atomic E-state index is 11.2. The number of benzene rings is 1. The van der Waals surface area contributed by atoms with Crippen molar-refractivity contribution in [3.8, 4) is 0 Å². The lowest BCUT2D eigenvalue weighted by Crippen LogP contribution is -2.13. The lowest BCUT2D eigenvalue weighted by Gasteiger charge is -2.08. The van der Waals surface area contributed by atoms with Crippen molar-refractivity contribution < 1.29 is 4.79 Å². The molecule has 16 heavy (non-hydrogen) atoms. The Balaban J connectivity index is 2.41. The summed E-state index contributed by atoms with van der Waals surface area (Å²) in [4.78, 5) is 15.5. The third-order valence-corrected chi connectivity index (χ3v) is 3.53. The van der Waals surface area contributed by atoms with E-state index >= 15 is 0 Å². The Labute approximate surface area is 103 Å². The number of nitrogens with zero attached hydrogens (tertiary/aromatic N) is 1. The van der Waals surface area contributed by atoms with E-state index in [4.69, 9.17) is 0 Å². The van der Waals surface area contributed by atoms with Crippen LogP contribution in [0.1, 0.15) is 12.5 Å². The quantitative estimate of drug-likeness (QED) is 0.807. The molecular formula is C13H12BrNO. The molecule has 0 aliphatic carbocycles. The summed E-state index contributed by atoms with van der Waals surface area (Å²) in [6.07, 6.45) is 2.46. The molecule has 3 heteroatoms. The molecule has 0 saturated carbocycles. The fourth-order valence-electron chi connectivity index (χ4n) is 1.67. The molecule has 1 heterocycles. The van der Waals surface area contributed by atoms with Crippen molar-refractivity contribution in [1.82, 2.24) is 4.98 Å². The van der Waals surface area contributed by atoms with Gasteiger partial charge in [-0.2, -0.15) is 0 Å². The van der Waals surface area contributed by atoms with Crippen LogP contribution in [0.5, 0.6) is 0 Å². The molecule has 1 unspecified atom stereocenters. The zero-order chi connectivity index (χ0) is 11.5. The van der Waals surface area contributed by atoms with E-state index in [0.717, 1.165) is 16.5 Å². The van der Waals surface area contributed by atoms with E-state index in [1.54, 1.807) is 13.1 Å². The Morgan fingerprint density at radius 2 is 2.12 bits per heavy atom. The van der Waals surface area contributed by atoms with E-state index in [2.05, 4.69) is 20.9 Å². The third-order valence-electron chi connectivity index (χ3n) is 2.56. The van der Waals surface area contributed by atoms with Crippen LogP contribution in [0.4, 0.5) is 0 Å². The van der Waals surface area contributed by atoms with Crippen molar-refractivity contribution >= 4 is 32.6 Å². The number of alkyl halides is 1. The van der Waals surface area contributed by atoms with E-state index in [0.29, 0.717) is 6.42 Å². The number of para-hydroxylation sites is 1. The number of hydrogen-bond donors (Lipinski definition) is 0. The predicted molar refractivity (Wildman–Crippen MR) is 68.8 cm³/mol. The number of aromatic nitrogens is 1. The molecule has 0 radical (unpaired) electrons. The van der Waals surface area contributed by atoms with Crippen LogP contribution in [0.2, 0.25) is 0 Å². The lowest BCUT2D eigenvalue weighted by molar-refractivity contribution is -0.116. The van der Waals surface area contributed by atoms with Crippen LogP contribution < -0.4 is 0 Å². The molecule has 0 amide bonds. The van der Waals surface area contributed by atoms with Gasteiger partial charge in [-0.3, -0.25) is 9.78 Å². The molecule has 0 N–H and O–H groups in total. The number of ketones is 1. The monoisotopic (exact) mass is 277 g/mol. The normalized spacial score (nSPS) is 12.6. The molecule has 2 rings (SSSR count). The molecule has 1 aromatic carbocycles. The predicted octanol–water partition coefficient (Wildman–Crippen LogP) is 3.13. The first-order valence-corrected chi connectivity index (χ1v) is 6.07. The first-order chi connectivity index (χ1) is 7.68. The lowest BCUT2D eigenvalue weighted by atomic mass is 10.0. The summed E-state index contributed by atoms with van der Waals surface area (Å²) in [5, 5.41) is 1.11. The van der Waals surface area contributed by atoms with Gasteiger partial charge in [-0.1, -0.05) is 40.2 Å². The van der Waals surface area contributed by atoms with Gasteiger partial charge >= 0.3 is 0 Å². The number of halogens is 1. The second-order valence-corrected chi connectivity index (χ2v) is 4.88. The van der Waals surface area contributed by atoms with Gasteiger partial charge in [0.1, 0.15) is 5.78 Å². The zero-order valence-corrected chi connectivity index (χ0v) is 10.6. The number of carbonyl (C=O) groups is 1. The molecule has 0 spiro atoms. The fraction of sp³-hybridized carbons (Fsp3) is 0.231. The summed E-state index contributed by atoms with van der Waals surface area (Å²) in [7, 11) is 0. The van der Waals surface area contributed by atoms with Crippen LogP contribution in [0, 0.1) is 0 Å². The van der Waals surface area contributed by atoms with Gasteiger partial charge < -0.3 is 0 Å². The Bertz CT molecular complexity index is 519. The van der Waals surface area contributed by atoms with E-state index in [-0.39, 0.29) is 10.6 Å². The molecule has 0 bridgehead atoms. The first-order valence-electron chi connectivity index (χ1n) is 5.15. The smallest absolute Gasteiger partial charge is 0.143 e. The highest BCUT2D eigenvalue weighted by Gasteiger charge is 2.12. The summed E-state index contributed by atoms with van der Waals surface area (Å²) in [6.45, 7) is 1.60. The summed E-state index contributed by atoms with van der Waals surface area (Å²) in [5.74, 6) is 0.146. The average molecular weight is 278 g/mol. The van der Waals surface area contributed by atoms with Gasteiger partial charge in [0.2, 0.25) is 0 Å². The zero-order valence-electron chi connectivity index (χ0n) is 8.98. The van der Waals surface area contributed by atoms with E-state index in [1.165, 1.54) is 0 Å². The van der Waals surface area contributed by atoms with Crippen LogP contribution in [-0.4, -0.2) is 15.6 Å². The highest BCUT2D eigenvalue weighted by Crippen LogP contribution is 2.19. The Kier molecular flexibility index (Phi) is 3.34. The largest absolute Gasteiger partial charge is 0.299 e. The summed E-state index contributed by atoms with van der Waals surface area (Å²) < 4.78 is 0. The topological polar surface area (TPSA) is 30.0 Å². The molecule has 0 aliphatic rings. The van der Waals surface area contributed by atoms with E-state index < -0.39 is 0 Å². The van der Waals surface area contributed by atoms with E-state index in [9.17, 15) is 4.79 Å². The SMILES string of the molecule is CC(=O)C(Br)Cc1cccc2cccnc12. The van der Waals surface area contributed by atoms with Crippen molar-refractivity contribution in [2.75, 3.05) is 0 Å². The Hall–Kier alpha value is -1.22. The molecule has 1 atom stereocenters. The van der Waals surface area contributed by atoms with Crippen LogP contribution in [0.3, 0.4) is 0 Å². The molecule has 82 valence electrons. The van der Waals surface area contributed by atoms with Gasteiger partial charge in [0.05, 0.1) is 10.3 Å². The van der Waals surface area contributed by atoms with Crippen molar-refractivity contribution in [3.63, 3.8) is 0 Å². The number of rotatable bonds is 3. The second-order valence-electron chi connectivity index (χ2n) is 3.77. The number of Topliss-reactive ketones (excluding diaryl/α,β-unsaturated/α-hetero) is 1. The maximum atomic E-state index is 11.2. The van der Waals surface area contributed by atoms with Crippen molar-refractivity contribution in [1.29, 1.82) is 0 Å². The summed E-state index contributed by atoms with van der Waals surface area (Å²) in [5.41, 5.74) is 2.09. The first kappa shape index (κ1) is 11.3. The van der Waals surface area contributed by atoms with Gasteiger partial charge in [0.15, 0.2) is 0 Å². The molecule has 0 fully saturated rings. The van der Waals surface area contributed by atoms with Gasteiger partial charge in [-0.15, -0.1) is 0 Å². The molecule has 2 aromatic rings. The summed E-state index contributed by atoms with van der Waals surface area (Å²) in [6, 6.07) is 10.0. The third kappa shape index (κ3) is 2.30. The van der Waals surface area contributed by atoms with E-state index in [1.807, 2.05) is 30.3 Å². The number of fused-ring (bicyclic) bond motifs is 1. The Morgan fingerprint density at radius 3 is 2.88 bits per heavy atom. The molecule has 0 saturated heterocycles. The van der Waals surface area contributed by atoms with Crippen molar-refractivity contribution in [2.24, 2.45) is 0 Å². The molecule has 1 aromatic heterocycles. The molecular weight excluding hydrogens is 266 g/mol. The van der Waals surface area contributed by atoms with Gasteiger partial charge in [0, 0.05) is 11.6 Å². The Morgan fingerprint density at radius 1 is 1.38 bits per heavy atom. The highest BCUT2D eigenvalue weighted by atomic mass is 79.9. The van der Waals surface area contributed by atoms with Gasteiger partial charge in [-0.25, -0.2) is 0 Å². The van der Waals surface area contributed by atoms with Crippen LogP contribution >= 0.6 is 15.9 Å². The average Bonchev–Trinajstić information content (AvgIpc) is 2.29. The number of carbonyl (C=O) groups excluding carboxylic acids is 1. The minimum Gasteiger partial charge on any atom is -0.299 e. The number of pyridine rings is 1. The fourth-order valence-corrected chi connectivity index (χ4v) is 2.02. The van der Waals surface area contributed by atoms with Crippen LogP contribution in [0.15, 0.2) is 36.5 Å². The van der Waals surface area contributed by atoms with Crippen molar-refractivity contribution in [2.45, 2.75) is 18.2 Å². The molecule has 0 aliphatic heterocycles. The summed E-state index contributed by atoms with van der Waals surface area (Å²) >= 11 is 3.39. The minimum absolute atomic E-state index is 0.125. The molecule has 2 nitrogen and oxygen atoms in total. The van der Waals surface area contributed by atoms with Crippen molar-refractivity contribution in [3.05, 3.63) is 42.1 Å². The highest BCUT2D eigenvalue weighted by molar-refractivity contribution is 9.10. The standard InChI is InChI=1S/C13H12BrNO/c1-9(16)12(14)8-11-5-2-4-10-6-3-7-15-13(10)11/h2-7,12H,8H2,1H3.